The van der Waals surface area contributed by atoms with Gasteiger partial charge in [-0.1, -0.05) is 0 Å². The molecule has 0 aliphatic heterocycles. The predicted molar refractivity (Wildman–Crippen MR) is 90.0 cm³/mol. The number of rotatable bonds is 6. The number of nitrogens with one attached hydrogen (secondary N) is 2. The van der Waals surface area contributed by atoms with E-state index in [1.165, 1.54) is 40.9 Å². The van der Waals surface area contributed by atoms with Crippen molar-refractivity contribution in [2.45, 2.75) is 31.8 Å². The highest BCUT2D eigenvalue weighted by Crippen LogP contribution is 2.29. The summed E-state index contributed by atoms with van der Waals surface area (Å²) >= 11 is 1.52. The Kier molecular flexibility index (Phi) is 5.32. The summed E-state index contributed by atoms with van der Waals surface area (Å²) in [4.78, 5) is 25.9. The van der Waals surface area contributed by atoms with Crippen LogP contribution in [-0.2, 0) is 17.6 Å². The molecule has 1 aliphatic carbocycles. The molecular formula is C17H20N2O4S. The van der Waals surface area contributed by atoms with Gasteiger partial charge in [-0.15, -0.1) is 11.3 Å². The lowest BCUT2D eigenvalue weighted by Gasteiger charge is -2.10. The van der Waals surface area contributed by atoms with Crippen LogP contribution in [0.1, 0.15) is 44.8 Å². The van der Waals surface area contributed by atoms with E-state index in [1.54, 1.807) is 12.1 Å². The number of fused-ring (bicyclic) bond motifs is 1. The first-order chi connectivity index (χ1) is 11.6. The Morgan fingerprint density at radius 3 is 2.88 bits per heavy atom. The molecule has 0 bridgehead atoms. The van der Waals surface area contributed by atoms with Gasteiger partial charge in [0.15, 0.2) is 0 Å². The molecule has 2 aromatic heterocycles. The van der Waals surface area contributed by atoms with Crippen molar-refractivity contribution in [2.75, 3.05) is 13.1 Å². The number of aliphatic hydroxyl groups is 1. The zero-order valence-corrected chi connectivity index (χ0v) is 14.0. The maximum absolute atomic E-state index is 12.1. The summed E-state index contributed by atoms with van der Waals surface area (Å²) in [6, 6.07) is 5.24. The quantitative estimate of drug-likeness (QED) is 0.742. The molecule has 3 rings (SSSR count). The lowest BCUT2D eigenvalue weighted by molar-refractivity contribution is -0.120. The van der Waals surface area contributed by atoms with E-state index in [9.17, 15) is 14.7 Å². The van der Waals surface area contributed by atoms with Crippen molar-refractivity contribution in [3.63, 3.8) is 0 Å². The maximum Gasteiger partial charge on any atom is 0.261 e. The number of amides is 2. The normalized spacial score (nSPS) is 14.7. The summed E-state index contributed by atoms with van der Waals surface area (Å²) in [5.74, 6) is -0.185. The average molecular weight is 348 g/mol. The maximum atomic E-state index is 12.1. The van der Waals surface area contributed by atoms with E-state index in [-0.39, 0.29) is 24.9 Å². The standard InChI is InChI=1S/C17H20N2O4S/c20-12(13-5-3-7-23-13)9-18-16(21)10-19-17(22)15-8-11-4-1-2-6-14(11)24-15/h3,5,7-8,12,20H,1-2,4,6,9-10H2,(H,18,21)(H,19,22). The van der Waals surface area contributed by atoms with Gasteiger partial charge in [0.05, 0.1) is 24.2 Å². The molecule has 3 N–H and O–H groups in total. The topological polar surface area (TPSA) is 91.6 Å². The first kappa shape index (κ1) is 16.7. The van der Waals surface area contributed by atoms with Crippen LogP contribution < -0.4 is 10.6 Å². The average Bonchev–Trinajstić information content (AvgIpc) is 3.26. The van der Waals surface area contributed by atoms with Crippen molar-refractivity contribution in [1.82, 2.24) is 10.6 Å². The van der Waals surface area contributed by atoms with Crippen LogP contribution in [0.4, 0.5) is 0 Å². The van der Waals surface area contributed by atoms with Crippen LogP contribution in [0.5, 0.6) is 0 Å². The zero-order chi connectivity index (χ0) is 16.9. The minimum absolute atomic E-state index is 0.0372. The number of aliphatic hydroxyl groups excluding tert-OH is 1. The van der Waals surface area contributed by atoms with Gasteiger partial charge in [-0.3, -0.25) is 9.59 Å². The van der Waals surface area contributed by atoms with E-state index in [0.717, 1.165) is 12.8 Å². The molecule has 2 amide bonds. The Morgan fingerprint density at radius 2 is 2.12 bits per heavy atom. The lowest BCUT2D eigenvalue weighted by atomic mass is 9.99. The van der Waals surface area contributed by atoms with Gasteiger partial charge >= 0.3 is 0 Å². The second-order valence-corrected chi connectivity index (χ2v) is 6.92. The molecule has 0 saturated carbocycles. The van der Waals surface area contributed by atoms with Crippen molar-refractivity contribution < 1.29 is 19.1 Å². The van der Waals surface area contributed by atoms with Gasteiger partial charge in [-0.05, 0) is 49.4 Å². The Balaban J connectivity index is 1.44. The molecule has 7 heteroatoms. The van der Waals surface area contributed by atoms with Crippen LogP contribution in [0, 0.1) is 0 Å². The second kappa shape index (κ2) is 7.63. The zero-order valence-electron chi connectivity index (χ0n) is 13.2. The highest BCUT2D eigenvalue weighted by molar-refractivity contribution is 7.14. The summed E-state index contributed by atoms with van der Waals surface area (Å²) in [6.07, 6.45) is 4.98. The minimum atomic E-state index is -0.899. The molecule has 0 spiro atoms. The largest absolute Gasteiger partial charge is 0.467 e. The summed E-state index contributed by atoms with van der Waals surface area (Å²) in [5.41, 5.74) is 1.27. The minimum Gasteiger partial charge on any atom is -0.467 e. The number of hydrogen-bond acceptors (Lipinski definition) is 5. The van der Waals surface area contributed by atoms with Crippen LogP contribution in [-0.4, -0.2) is 30.0 Å². The third kappa shape index (κ3) is 4.04. The fourth-order valence-corrected chi connectivity index (χ4v) is 3.87. The van der Waals surface area contributed by atoms with Crippen LogP contribution in [0.3, 0.4) is 0 Å². The second-order valence-electron chi connectivity index (χ2n) is 5.78. The third-order valence-corrected chi connectivity index (χ3v) is 5.23. The number of thiophene rings is 1. The molecule has 2 aromatic rings. The van der Waals surface area contributed by atoms with Crippen LogP contribution in [0.2, 0.25) is 0 Å². The smallest absolute Gasteiger partial charge is 0.261 e. The number of aryl methyl sites for hydroxylation is 2. The fraction of sp³-hybridized carbons (Fsp3) is 0.412. The molecule has 1 aliphatic rings. The molecule has 6 nitrogen and oxygen atoms in total. The molecule has 0 aromatic carbocycles. The Bertz CT molecular complexity index is 685. The van der Waals surface area contributed by atoms with Crippen LogP contribution >= 0.6 is 11.3 Å². The van der Waals surface area contributed by atoms with Crippen molar-refractivity contribution in [3.05, 3.63) is 45.5 Å². The molecular weight excluding hydrogens is 328 g/mol. The first-order valence-electron chi connectivity index (χ1n) is 8.01. The highest BCUT2D eigenvalue weighted by atomic mass is 32.1. The number of hydrogen-bond donors (Lipinski definition) is 3. The van der Waals surface area contributed by atoms with Crippen molar-refractivity contribution >= 4 is 23.2 Å². The molecule has 128 valence electrons. The Labute approximate surface area is 143 Å². The number of carbonyl (C=O) groups excluding carboxylic acids is 2. The monoisotopic (exact) mass is 348 g/mol. The third-order valence-electron chi connectivity index (χ3n) is 3.99. The van der Waals surface area contributed by atoms with Crippen molar-refractivity contribution in [1.29, 1.82) is 0 Å². The van der Waals surface area contributed by atoms with Gasteiger partial charge in [0.25, 0.3) is 5.91 Å². The number of carbonyl (C=O) groups is 2. The Morgan fingerprint density at radius 1 is 1.29 bits per heavy atom. The van der Waals surface area contributed by atoms with E-state index < -0.39 is 6.10 Å². The summed E-state index contributed by atoms with van der Waals surface area (Å²) in [5, 5.41) is 15.0. The summed E-state index contributed by atoms with van der Waals surface area (Å²) in [6.45, 7) is -0.0816. The summed E-state index contributed by atoms with van der Waals surface area (Å²) in [7, 11) is 0. The predicted octanol–water partition coefficient (Wildman–Crippen LogP) is 1.80. The molecule has 2 heterocycles. The first-order valence-corrected chi connectivity index (χ1v) is 8.83. The van der Waals surface area contributed by atoms with E-state index in [0.29, 0.717) is 10.6 Å². The van der Waals surface area contributed by atoms with E-state index >= 15 is 0 Å². The van der Waals surface area contributed by atoms with Gasteiger partial charge in [0, 0.05) is 4.88 Å². The van der Waals surface area contributed by atoms with Crippen LogP contribution in [0.25, 0.3) is 0 Å². The van der Waals surface area contributed by atoms with Gasteiger partial charge in [-0.2, -0.15) is 0 Å². The van der Waals surface area contributed by atoms with Crippen molar-refractivity contribution in [2.24, 2.45) is 0 Å². The highest BCUT2D eigenvalue weighted by Gasteiger charge is 2.18. The van der Waals surface area contributed by atoms with Gasteiger partial charge in [0.2, 0.25) is 5.91 Å². The van der Waals surface area contributed by atoms with Crippen molar-refractivity contribution in [3.8, 4) is 0 Å². The Hall–Kier alpha value is -2.12. The number of furan rings is 1. The molecule has 24 heavy (non-hydrogen) atoms. The van der Waals surface area contributed by atoms with Gasteiger partial charge < -0.3 is 20.2 Å². The van der Waals surface area contributed by atoms with Crippen LogP contribution in [0.15, 0.2) is 28.9 Å². The summed E-state index contributed by atoms with van der Waals surface area (Å²) < 4.78 is 5.05. The SMILES string of the molecule is O=C(CNC(=O)c1cc2c(s1)CCCC2)NCC(O)c1ccco1. The van der Waals surface area contributed by atoms with E-state index in [2.05, 4.69) is 10.6 Å². The van der Waals surface area contributed by atoms with Gasteiger partial charge in [-0.25, -0.2) is 0 Å². The molecule has 1 unspecified atom stereocenters. The van der Waals surface area contributed by atoms with Gasteiger partial charge in [0.1, 0.15) is 11.9 Å². The molecule has 1 atom stereocenters. The molecule has 0 fully saturated rings. The molecule has 0 saturated heterocycles. The van der Waals surface area contributed by atoms with E-state index in [4.69, 9.17) is 4.42 Å². The molecule has 0 radical (unpaired) electrons. The lowest BCUT2D eigenvalue weighted by Crippen LogP contribution is -2.38. The van der Waals surface area contributed by atoms with E-state index in [1.807, 2.05) is 6.07 Å². The fourth-order valence-electron chi connectivity index (χ4n) is 2.70.